The van der Waals surface area contributed by atoms with Crippen molar-refractivity contribution in [1.82, 2.24) is 15.2 Å². The second kappa shape index (κ2) is 10.4. The molecular weight excluding hydrogens is 518 g/mol. The van der Waals surface area contributed by atoms with Crippen LogP contribution < -0.4 is 5.43 Å². The van der Waals surface area contributed by atoms with E-state index in [1.54, 1.807) is 6.21 Å². The Kier molecular flexibility index (Phi) is 7.17. The quantitative estimate of drug-likeness (QED) is 0.166. The van der Waals surface area contributed by atoms with Gasteiger partial charge in [0.1, 0.15) is 11.4 Å². The molecule has 0 saturated carbocycles. The van der Waals surface area contributed by atoms with Crippen molar-refractivity contribution in [3.05, 3.63) is 96.6 Å². The Morgan fingerprint density at radius 3 is 1.87 bits per heavy atom. The summed E-state index contributed by atoms with van der Waals surface area (Å²) in [6.45, 7) is 0. The van der Waals surface area contributed by atoms with Crippen LogP contribution in [0, 0.1) is 0 Å². The molecule has 5 nitrogen and oxygen atoms in total. The molecule has 154 valence electrons. The zero-order valence-corrected chi connectivity index (χ0v) is 19.6. The number of hydrogen-bond acceptors (Lipinski definition) is 5. The van der Waals surface area contributed by atoms with Crippen molar-refractivity contribution in [1.29, 1.82) is 0 Å². The van der Waals surface area contributed by atoms with E-state index in [1.165, 1.54) is 0 Å². The van der Waals surface area contributed by atoms with Crippen LogP contribution in [0.4, 0.5) is 5.95 Å². The molecule has 0 radical (unpaired) electrons. The fraction of sp³-hybridized carbons (Fsp3) is 0.0833. The number of hydrogen-bond donors (Lipinski definition) is 1. The molecule has 0 saturated heterocycles. The molecule has 0 spiro atoms. The van der Waals surface area contributed by atoms with E-state index in [2.05, 4.69) is 64.7 Å². The fourth-order valence-corrected chi connectivity index (χ4v) is 3.89. The Bertz CT molecular complexity index is 1140. The highest BCUT2D eigenvalue weighted by atomic mass is 79.9. The average Bonchev–Trinajstić information content (AvgIpc) is 2.85. The van der Waals surface area contributed by atoms with Crippen molar-refractivity contribution < 1.29 is 0 Å². The van der Waals surface area contributed by atoms with Gasteiger partial charge in [-0.1, -0.05) is 123 Å². The normalized spacial score (nSPS) is 13.1. The van der Waals surface area contributed by atoms with Crippen molar-refractivity contribution in [2.45, 2.75) is 9.65 Å². The van der Waals surface area contributed by atoms with Crippen LogP contribution in [-0.2, 0) is 0 Å². The van der Waals surface area contributed by atoms with Crippen molar-refractivity contribution in [3.63, 3.8) is 0 Å². The van der Waals surface area contributed by atoms with Crippen LogP contribution in [0.25, 0.3) is 22.5 Å². The first-order valence-electron chi connectivity index (χ1n) is 9.70. The average molecular weight is 537 g/mol. The number of halogens is 2. The minimum absolute atomic E-state index is 0.0208. The summed E-state index contributed by atoms with van der Waals surface area (Å²) in [6.07, 6.45) is 1.77. The summed E-state index contributed by atoms with van der Waals surface area (Å²) in [5.74, 6) is 0.334. The predicted octanol–water partition coefficient (Wildman–Crippen LogP) is 6.50. The van der Waals surface area contributed by atoms with Gasteiger partial charge in [0.25, 0.3) is 5.95 Å². The lowest BCUT2D eigenvalue weighted by Crippen LogP contribution is -2.10. The van der Waals surface area contributed by atoms with E-state index in [4.69, 9.17) is 4.98 Å². The van der Waals surface area contributed by atoms with Crippen molar-refractivity contribution in [2.24, 2.45) is 5.10 Å². The third-order valence-corrected chi connectivity index (χ3v) is 7.13. The van der Waals surface area contributed by atoms with Gasteiger partial charge in [-0.15, -0.1) is 10.2 Å². The Labute approximate surface area is 197 Å². The van der Waals surface area contributed by atoms with E-state index >= 15 is 0 Å². The molecular formula is C24H19Br2N5. The Hall–Kier alpha value is -2.90. The minimum atomic E-state index is -0.0208. The smallest absolute Gasteiger partial charge is 0.244 e. The molecule has 3 aromatic carbocycles. The first kappa shape index (κ1) is 21.3. The minimum Gasteiger partial charge on any atom is -0.244 e. The van der Waals surface area contributed by atoms with E-state index < -0.39 is 0 Å². The lowest BCUT2D eigenvalue weighted by atomic mass is 10.0. The van der Waals surface area contributed by atoms with Crippen LogP contribution in [0.2, 0.25) is 0 Å². The number of alkyl halides is 2. The number of nitrogens with zero attached hydrogens (tertiary/aromatic N) is 4. The van der Waals surface area contributed by atoms with Gasteiger partial charge in [0.2, 0.25) is 0 Å². The van der Waals surface area contributed by atoms with E-state index in [-0.39, 0.29) is 9.65 Å². The molecule has 1 N–H and O–H groups in total. The SMILES string of the molecule is Br[C@H](/C=N\Nc1nnc(-c2ccccc2)c(-c2ccccc2)n1)[C@H](Br)c1ccccc1. The van der Waals surface area contributed by atoms with Crippen molar-refractivity contribution >= 4 is 44.0 Å². The van der Waals surface area contributed by atoms with Gasteiger partial charge < -0.3 is 0 Å². The summed E-state index contributed by atoms with van der Waals surface area (Å²) in [6, 6.07) is 30.0. The molecule has 0 aliphatic carbocycles. The topological polar surface area (TPSA) is 63.1 Å². The molecule has 4 aromatic rings. The standard InChI is InChI=1S/C24H19Br2N5/c25-20(21(26)17-10-4-1-5-11-17)16-27-30-24-28-22(18-12-6-2-7-13-18)23(29-31-24)19-14-8-3-9-15-19/h1-16,20-21H,(H,28,30,31)/b27-16-/t20-,21-/m1/s1. The largest absolute Gasteiger partial charge is 0.263 e. The summed E-state index contributed by atoms with van der Waals surface area (Å²) in [7, 11) is 0. The summed E-state index contributed by atoms with van der Waals surface area (Å²) in [5, 5.41) is 13.0. The summed E-state index contributed by atoms with van der Waals surface area (Å²) >= 11 is 7.36. The molecule has 1 aromatic heterocycles. The van der Waals surface area contributed by atoms with Gasteiger partial charge in [-0.3, -0.25) is 0 Å². The Morgan fingerprint density at radius 1 is 0.710 bits per heavy atom. The van der Waals surface area contributed by atoms with Gasteiger partial charge in [0.05, 0.1) is 9.65 Å². The van der Waals surface area contributed by atoms with Gasteiger partial charge in [-0.2, -0.15) is 5.10 Å². The van der Waals surface area contributed by atoms with Gasteiger partial charge in [-0.25, -0.2) is 10.4 Å². The molecule has 31 heavy (non-hydrogen) atoms. The van der Waals surface area contributed by atoms with Gasteiger partial charge in [0.15, 0.2) is 0 Å². The summed E-state index contributed by atoms with van der Waals surface area (Å²) in [4.78, 5) is 4.75. The first-order chi connectivity index (χ1) is 15.2. The van der Waals surface area contributed by atoms with Crippen LogP contribution in [0.15, 0.2) is 96.1 Å². The van der Waals surface area contributed by atoms with Crippen molar-refractivity contribution in [2.75, 3.05) is 5.43 Å². The third-order valence-electron chi connectivity index (χ3n) is 4.56. The van der Waals surface area contributed by atoms with Crippen molar-refractivity contribution in [3.8, 4) is 22.5 Å². The Balaban J connectivity index is 1.56. The number of aromatic nitrogens is 3. The maximum Gasteiger partial charge on any atom is 0.263 e. The molecule has 4 rings (SSSR count). The highest BCUT2D eigenvalue weighted by molar-refractivity contribution is 9.12. The number of nitrogens with one attached hydrogen (secondary N) is 1. The second-order valence-electron chi connectivity index (χ2n) is 6.71. The second-order valence-corrected chi connectivity index (χ2v) is 8.76. The lowest BCUT2D eigenvalue weighted by Gasteiger charge is -2.13. The number of benzene rings is 3. The summed E-state index contributed by atoms with van der Waals surface area (Å²) in [5.41, 5.74) is 7.46. The van der Waals surface area contributed by atoms with Crippen LogP contribution >= 0.6 is 31.9 Å². The van der Waals surface area contributed by atoms with E-state index in [0.717, 1.165) is 28.1 Å². The van der Waals surface area contributed by atoms with Gasteiger partial charge >= 0.3 is 0 Å². The molecule has 7 heteroatoms. The van der Waals surface area contributed by atoms with E-state index in [9.17, 15) is 0 Å². The van der Waals surface area contributed by atoms with Crippen LogP contribution in [0.5, 0.6) is 0 Å². The predicted molar refractivity (Wildman–Crippen MR) is 134 cm³/mol. The zero-order chi connectivity index (χ0) is 21.5. The van der Waals surface area contributed by atoms with Gasteiger partial charge in [0, 0.05) is 17.3 Å². The third kappa shape index (κ3) is 5.42. The zero-order valence-electron chi connectivity index (χ0n) is 16.4. The number of anilines is 1. The number of rotatable bonds is 7. The van der Waals surface area contributed by atoms with Crippen LogP contribution in [0.3, 0.4) is 0 Å². The monoisotopic (exact) mass is 535 g/mol. The molecule has 0 aliphatic rings. The molecule has 0 bridgehead atoms. The maximum absolute atomic E-state index is 4.69. The highest BCUT2D eigenvalue weighted by Crippen LogP contribution is 2.30. The molecule has 2 atom stereocenters. The van der Waals surface area contributed by atoms with E-state index in [0.29, 0.717) is 5.95 Å². The molecule has 0 unspecified atom stereocenters. The Morgan fingerprint density at radius 2 is 1.26 bits per heavy atom. The fourth-order valence-electron chi connectivity index (χ4n) is 3.02. The highest BCUT2D eigenvalue weighted by Gasteiger charge is 2.16. The lowest BCUT2D eigenvalue weighted by molar-refractivity contribution is 0.970. The van der Waals surface area contributed by atoms with Crippen LogP contribution in [0.1, 0.15) is 10.4 Å². The number of hydrazone groups is 1. The van der Waals surface area contributed by atoms with E-state index in [1.807, 2.05) is 78.9 Å². The molecule has 0 amide bonds. The van der Waals surface area contributed by atoms with Crippen LogP contribution in [-0.4, -0.2) is 26.2 Å². The summed E-state index contributed by atoms with van der Waals surface area (Å²) < 4.78 is 0. The molecule has 1 heterocycles. The van der Waals surface area contributed by atoms with Gasteiger partial charge in [-0.05, 0) is 5.56 Å². The molecule has 0 aliphatic heterocycles. The first-order valence-corrected chi connectivity index (χ1v) is 11.5. The molecule has 0 fully saturated rings. The maximum atomic E-state index is 4.69.